The molecule has 0 spiro atoms. The second kappa shape index (κ2) is 8.46. The summed E-state index contributed by atoms with van der Waals surface area (Å²) in [7, 11) is 0. The number of thiophene rings is 1. The summed E-state index contributed by atoms with van der Waals surface area (Å²) < 4.78 is 5.83. The highest BCUT2D eigenvalue weighted by atomic mass is 32.1. The van der Waals surface area contributed by atoms with E-state index in [9.17, 15) is 14.7 Å². The third-order valence-corrected chi connectivity index (χ3v) is 7.58. The van der Waals surface area contributed by atoms with Gasteiger partial charge in [0.05, 0.1) is 22.7 Å². The minimum absolute atomic E-state index is 0.0252. The Bertz CT molecular complexity index is 1370. The summed E-state index contributed by atoms with van der Waals surface area (Å²) in [6.45, 7) is 3.83. The minimum Gasteiger partial charge on any atom is -0.503 e. The molecule has 1 amide bonds. The van der Waals surface area contributed by atoms with Crippen molar-refractivity contribution >= 4 is 34.4 Å². The number of aromatic nitrogens is 1. The fraction of sp³-hybridized carbons (Fsp3) is 0.160. The number of rotatable bonds is 6. The van der Waals surface area contributed by atoms with Crippen LogP contribution in [0.5, 0.6) is 0 Å². The molecule has 0 fully saturated rings. The summed E-state index contributed by atoms with van der Waals surface area (Å²) in [4.78, 5) is 34.2. The zero-order valence-electron chi connectivity index (χ0n) is 17.9. The van der Waals surface area contributed by atoms with Gasteiger partial charge in [-0.2, -0.15) is 0 Å². The molecule has 1 aromatic carbocycles. The first-order valence-corrected chi connectivity index (χ1v) is 12.0. The van der Waals surface area contributed by atoms with Gasteiger partial charge in [-0.05, 0) is 37.4 Å². The van der Waals surface area contributed by atoms with E-state index in [0.29, 0.717) is 27.1 Å². The summed E-state index contributed by atoms with van der Waals surface area (Å²) in [6, 6.07) is 16.1. The molecule has 166 valence electrons. The van der Waals surface area contributed by atoms with Crippen LogP contribution in [0.3, 0.4) is 0 Å². The first-order valence-electron chi connectivity index (χ1n) is 10.3. The van der Waals surface area contributed by atoms with Crippen molar-refractivity contribution in [3.63, 3.8) is 0 Å². The summed E-state index contributed by atoms with van der Waals surface area (Å²) in [6.07, 6.45) is 0. The first-order chi connectivity index (χ1) is 15.9. The molecule has 1 atom stereocenters. The average Bonchev–Trinajstić information content (AvgIpc) is 3.60. The Balaban J connectivity index is 1.57. The lowest BCUT2D eigenvalue weighted by molar-refractivity contribution is -0.130. The normalized spacial score (nSPS) is 16.1. The van der Waals surface area contributed by atoms with Crippen LogP contribution in [-0.4, -0.2) is 26.7 Å². The van der Waals surface area contributed by atoms with Crippen molar-refractivity contribution in [3.05, 3.63) is 98.3 Å². The summed E-state index contributed by atoms with van der Waals surface area (Å²) in [5.41, 5.74) is 1.49. The van der Waals surface area contributed by atoms with E-state index < -0.39 is 23.5 Å². The van der Waals surface area contributed by atoms with Gasteiger partial charge in [-0.1, -0.05) is 36.4 Å². The number of ketones is 1. The number of carbonyl (C=O) groups is 2. The molecular formula is C25H20N2O4S2. The average molecular weight is 477 g/mol. The van der Waals surface area contributed by atoms with Crippen molar-refractivity contribution in [2.75, 3.05) is 0 Å². The van der Waals surface area contributed by atoms with Crippen LogP contribution in [-0.2, 0) is 11.3 Å². The quantitative estimate of drug-likeness (QED) is 0.352. The van der Waals surface area contributed by atoms with Crippen molar-refractivity contribution in [2.45, 2.75) is 26.4 Å². The molecule has 8 heteroatoms. The molecule has 33 heavy (non-hydrogen) atoms. The molecule has 0 saturated carbocycles. The van der Waals surface area contributed by atoms with Crippen molar-refractivity contribution in [1.29, 1.82) is 0 Å². The lowest BCUT2D eigenvalue weighted by Gasteiger charge is -2.24. The van der Waals surface area contributed by atoms with Crippen LogP contribution >= 0.6 is 22.7 Å². The van der Waals surface area contributed by atoms with E-state index in [2.05, 4.69) is 4.98 Å². The summed E-state index contributed by atoms with van der Waals surface area (Å²) in [5, 5.41) is 13.5. The lowest BCUT2D eigenvalue weighted by atomic mass is 9.99. The zero-order chi connectivity index (χ0) is 23.1. The molecule has 0 radical (unpaired) electrons. The number of thiazole rings is 1. The minimum atomic E-state index is -0.817. The molecule has 0 aliphatic carbocycles. The van der Waals surface area contributed by atoms with Crippen LogP contribution in [0.25, 0.3) is 10.6 Å². The van der Waals surface area contributed by atoms with Crippen LogP contribution in [0.15, 0.2) is 75.7 Å². The topological polar surface area (TPSA) is 83.6 Å². The van der Waals surface area contributed by atoms with E-state index in [1.807, 2.05) is 47.8 Å². The summed E-state index contributed by atoms with van der Waals surface area (Å²) >= 11 is 2.76. The Morgan fingerprint density at radius 3 is 2.58 bits per heavy atom. The maximum absolute atomic E-state index is 13.7. The highest BCUT2D eigenvalue weighted by molar-refractivity contribution is 7.17. The number of hydrogen-bond donors (Lipinski definition) is 1. The van der Waals surface area contributed by atoms with Crippen LogP contribution in [0, 0.1) is 13.8 Å². The molecule has 4 heterocycles. The van der Waals surface area contributed by atoms with Crippen molar-refractivity contribution < 1.29 is 19.1 Å². The number of amides is 1. The number of aliphatic hydroxyl groups excluding tert-OH is 1. The SMILES string of the molecule is Cc1ccc(C2C(C(=O)c3sc(-c4ccccc4)nc3C)=C(O)C(=O)N2Cc2cccs2)o1. The third-order valence-electron chi connectivity index (χ3n) is 5.51. The Morgan fingerprint density at radius 1 is 1.12 bits per heavy atom. The third kappa shape index (κ3) is 3.81. The smallest absolute Gasteiger partial charge is 0.290 e. The predicted octanol–water partition coefficient (Wildman–Crippen LogP) is 5.86. The number of aryl methyl sites for hydroxylation is 2. The number of carbonyl (C=O) groups excluding carboxylic acids is 2. The number of Topliss-reactive ketones (excluding diaryl/α,β-unsaturated/α-hetero) is 1. The van der Waals surface area contributed by atoms with E-state index in [1.54, 1.807) is 26.0 Å². The Hall–Kier alpha value is -3.49. The molecule has 4 aromatic rings. The van der Waals surface area contributed by atoms with Gasteiger partial charge in [0.25, 0.3) is 5.91 Å². The van der Waals surface area contributed by atoms with Crippen LogP contribution < -0.4 is 0 Å². The highest BCUT2D eigenvalue weighted by Gasteiger charge is 2.46. The molecule has 1 aliphatic heterocycles. The molecule has 0 bridgehead atoms. The van der Waals surface area contributed by atoms with E-state index in [1.165, 1.54) is 27.6 Å². The van der Waals surface area contributed by atoms with Gasteiger partial charge >= 0.3 is 0 Å². The second-order valence-electron chi connectivity index (χ2n) is 7.75. The molecule has 1 unspecified atom stereocenters. The van der Waals surface area contributed by atoms with Gasteiger partial charge in [-0.3, -0.25) is 9.59 Å². The van der Waals surface area contributed by atoms with E-state index in [0.717, 1.165) is 10.4 Å². The number of nitrogens with zero attached hydrogens (tertiary/aromatic N) is 2. The van der Waals surface area contributed by atoms with Gasteiger partial charge in [-0.25, -0.2) is 4.98 Å². The van der Waals surface area contributed by atoms with Crippen LogP contribution in [0.1, 0.15) is 37.8 Å². The Morgan fingerprint density at radius 2 is 1.91 bits per heavy atom. The maximum atomic E-state index is 13.7. The molecule has 6 nitrogen and oxygen atoms in total. The monoisotopic (exact) mass is 476 g/mol. The van der Waals surface area contributed by atoms with Crippen LogP contribution in [0.2, 0.25) is 0 Å². The van der Waals surface area contributed by atoms with Gasteiger partial charge in [0.2, 0.25) is 5.78 Å². The van der Waals surface area contributed by atoms with Gasteiger partial charge in [0.1, 0.15) is 22.6 Å². The standard InChI is InChI=1S/C25H20N2O4S2/c1-14-10-11-18(31-14)20-19(22(29)25(30)27(20)13-17-9-6-12-32-17)21(28)23-15(2)26-24(33-23)16-7-4-3-5-8-16/h3-12,20,29H,13H2,1-2H3. The molecule has 1 N–H and O–H groups in total. The molecule has 1 aliphatic rings. The molecule has 0 saturated heterocycles. The predicted molar refractivity (Wildman–Crippen MR) is 127 cm³/mol. The van der Waals surface area contributed by atoms with E-state index in [-0.39, 0.29) is 12.1 Å². The van der Waals surface area contributed by atoms with Gasteiger partial charge in [0.15, 0.2) is 5.76 Å². The van der Waals surface area contributed by atoms with Gasteiger partial charge < -0.3 is 14.4 Å². The van der Waals surface area contributed by atoms with E-state index >= 15 is 0 Å². The van der Waals surface area contributed by atoms with Crippen molar-refractivity contribution in [3.8, 4) is 10.6 Å². The lowest BCUT2D eigenvalue weighted by Crippen LogP contribution is -2.30. The fourth-order valence-electron chi connectivity index (χ4n) is 3.95. The molecule has 3 aromatic heterocycles. The number of benzene rings is 1. The summed E-state index contributed by atoms with van der Waals surface area (Å²) in [5.74, 6) is -0.436. The first kappa shape index (κ1) is 21.4. The number of hydrogen-bond acceptors (Lipinski definition) is 7. The number of furan rings is 1. The molecular weight excluding hydrogens is 456 g/mol. The van der Waals surface area contributed by atoms with E-state index in [4.69, 9.17) is 4.42 Å². The fourth-order valence-corrected chi connectivity index (χ4v) is 5.68. The van der Waals surface area contributed by atoms with Gasteiger partial charge in [0, 0.05) is 10.4 Å². The number of aliphatic hydroxyl groups is 1. The van der Waals surface area contributed by atoms with Crippen molar-refractivity contribution in [2.24, 2.45) is 0 Å². The molecule has 5 rings (SSSR count). The van der Waals surface area contributed by atoms with Gasteiger partial charge in [-0.15, -0.1) is 22.7 Å². The Labute approximate surface area is 198 Å². The Kier molecular flexibility index (Phi) is 5.47. The maximum Gasteiger partial charge on any atom is 0.290 e. The highest BCUT2D eigenvalue weighted by Crippen LogP contribution is 2.42. The van der Waals surface area contributed by atoms with Crippen molar-refractivity contribution in [1.82, 2.24) is 9.88 Å². The zero-order valence-corrected chi connectivity index (χ0v) is 19.6. The second-order valence-corrected chi connectivity index (χ2v) is 9.79. The largest absolute Gasteiger partial charge is 0.503 e. The van der Waals surface area contributed by atoms with Crippen LogP contribution in [0.4, 0.5) is 0 Å².